The van der Waals surface area contributed by atoms with Gasteiger partial charge in [0.1, 0.15) is 5.55 Å². The molecule has 0 radical (unpaired) electrons. The van der Waals surface area contributed by atoms with E-state index in [1.165, 1.54) is 5.55 Å². The third-order valence-corrected chi connectivity index (χ3v) is 0.371. The largest absolute Gasteiger partial charge is 0.490 e. The average Bonchev–Trinajstić information content (AvgIpc) is 1.75. The summed E-state index contributed by atoms with van der Waals surface area (Å²) in [5.74, 6) is 8.00. The summed E-state index contributed by atoms with van der Waals surface area (Å²) in [7, 11) is 0. The van der Waals surface area contributed by atoms with Crippen LogP contribution < -0.4 is 11.7 Å². The lowest BCUT2D eigenvalue weighted by Gasteiger charge is -1.82. The van der Waals surface area contributed by atoms with Crippen molar-refractivity contribution in [2.45, 2.75) is 6.92 Å². The molecule has 0 aromatic carbocycles. The second-order valence-corrected chi connectivity index (χ2v) is 0.744. The Morgan fingerprint density at radius 3 is 2.14 bits per heavy atom. The molecule has 0 amide bonds. The van der Waals surface area contributed by atoms with Gasteiger partial charge in [-0.25, -0.2) is 0 Å². The Bertz CT molecular complexity index is 34.1. The predicted octanol–water partition coefficient (Wildman–Crippen LogP) is -0.201. The highest BCUT2D eigenvalue weighted by Crippen LogP contribution is 1.59. The quantitative estimate of drug-likeness (QED) is 0.302. The van der Waals surface area contributed by atoms with Gasteiger partial charge < -0.3 is 4.74 Å². The van der Waals surface area contributed by atoms with Gasteiger partial charge in [-0.15, -0.1) is 0 Å². The van der Waals surface area contributed by atoms with Gasteiger partial charge >= 0.3 is 0 Å². The minimum Gasteiger partial charge on any atom is -0.490 e. The normalized spacial score (nSPS) is 5.57. The molecule has 0 heterocycles. The van der Waals surface area contributed by atoms with Crippen LogP contribution in [-0.4, -0.2) is 12.2 Å². The van der Waals surface area contributed by atoms with E-state index in [1.807, 2.05) is 6.92 Å². The van der Waals surface area contributed by atoms with Crippen LogP contribution in [0.25, 0.3) is 0 Å². The Hall–Kier alpha value is -0.190. The first-order chi connectivity index (χ1) is 3.41. The molecular formula is C3H10N2OS. The van der Waals surface area contributed by atoms with Crippen molar-refractivity contribution in [3.63, 3.8) is 0 Å². The predicted molar refractivity (Wildman–Crippen MR) is 33.7 cm³/mol. The van der Waals surface area contributed by atoms with Crippen molar-refractivity contribution in [1.29, 1.82) is 0 Å². The maximum Gasteiger partial charge on any atom is 0.146 e. The molecule has 4 N–H and O–H groups in total. The summed E-state index contributed by atoms with van der Waals surface area (Å²) in [6.07, 6.45) is 0. The van der Waals surface area contributed by atoms with Crippen molar-refractivity contribution in [2.75, 3.05) is 6.61 Å². The molecule has 0 saturated carbocycles. The van der Waals surface area contributed by atoms with E-state index >= 15 is 0 Å². The number of nitrogens with two attached hydrogens (primary N) is 2. The van der Waals surface area contributed by atoms with Crippen molar-refractivity contribution in [2.24, 2.45) is 11.7 Å². The Balaban J connectivity index is 0. The number of rotatable bonds is 2. The fourth-order valence-electron chi connectivity index (χ4n) is 0.0680. The highest BCUT2D eigenvalue weighted by atomic mass is 32.1. The Kier molecular flexibility index (Phi) is 24.2. The molecule has 0 aliphatic carbocycles. The first kappa shape index (κ1) is 9.94. The summed E-state index contributed by atoms with van der Waals surface area (Å²) >= 11 is 4.30. The van der Waals surface area contributed by atoms with Crippen LogP contribution in [-0.2, 0) is 4.74 Å². The molecule has 44 valence electrons. The van der Waals surface area contributed by atoms with E-state index < -0.39 is 0 Å². The topological polar surface area (TPSA) is 61.3 Å². The van der Waals surface area contributed by atoms with Crippen molar-refractivity contribution in [3.05, 3.63) is 0 Å². The smallest absolute Gasteiger partial charge is 0.146 e. The molecule has 0 aliphatic rings. The van der Waals surface area contributed by atoms with E-state index in [0.29, 0.717) is 6.61 Å². The third kappa shape index (κ3) is 25.7. The molecule has 0 fully saturated rings. The summed E-state index contributed by atoms with van der Waals surface area (Å²) in [6.45, 7) is 2.58. The SMILES string of the molecule is CCOC=S.NN. The zero-order valence-electron chi connectivity index (χ0n) is 4.26. The van der Waals surface area contributed by atoms with Gasteiger partial charge in [0.25, 0.3) is 0 Å². The summed E-state index contributed by atoms with van der Waals surface area (Å²) < 4.78 is 4.52. The van der Waals surface area contributed by atoms with E-state index in [1.54, 1.807) is 0 Å². The maximum atomic E-state index is 4.52. The van der Waals surface area contributed by atoms with Crippen LogP contribution in [0.1, 0.15) is 6.92 Å². The van der Waals surface area contributed by atoms with Crippen LogP contribution >= 0.6 is 12.2 Å². The Morgan fingerprint density at radius 2 is 2.14 bits per heavy atom. The van der Waals surface area contributed by atoms with Crippen LogP contribution in [0.15, 0.2) is 0 Å². The van der Waals surface area contributed by atoms with E-state index in [4.69, 9.17) is 0 Å². The fraction of sp³-hybridized carbons (Fsp3) is 0.667. The number of hydrazine groups is 1. The van der Waals surface area contributed by atoms with E-state index in [9.17, 15) is 0 Å². The Labute approximate surface area is 48.6 Å². The summed E-state index contributed by atoms with van der Waals surface area (Å²) in [5, 5.41) is 0. The summed E-state index contributed by atoms with van der Waals surface area (Å²) in [5.41, 5.74) is 1.26. The van der Waals surface area contributed by atoms with Crippen LogP contribution in [0, 0.1) is 0 Å². The second kappa shape index (κ2) is 17.0. The third-order valence-electron chi connectivity index (χ3n) is 0.235. The van der Waals surface area contributed by atoms with Crippen LogP contribution in [0.5, 0.6) is 0 Å². The zero-order valence-corrected chi connectivity index (χ0v) is 5.07. The molecule has 0 rings (SSSR count). The average molecular weight is 122 g/mol. The summed E-state index contributed by atoms with van der Waals surface area (Å²) in [4.78, 5) is 0. The lowest BCUT2D eigenvalue weighted by Crippen LogP contribution is -2.02. The van der Waals surface area contributed by atoms with Gasteiger partial charge in [0.05, 0.1) is 6.61 Å². The second-order valence-electron chi connectivity index (χ2n) is 0.552. The van der Waals surface area contributed by atoms with Gasteiger partial charge in [-0.05, 0) is 19.1 Å². The minimum atomic E-state index is 0.684. The van der Waals surface area contributed by atoms with Crippen LogP contribution in [0.2, 0.25) is 0 Å². The number of hydrogen-bond acceptors (Lipinski definition) is 4. The Morgan fingerprint density at radius 1 is 1.71 bits per heavy atom. The molecule has 0 aromatic heterocycles. The zero-order chi connectivity index (χ0) is 6.12. The van der Waals surface area contributed by atoms with Crippen molar-refractivity contribution >= 4 is 17.8 Å². The van der Waals surface area contributed by atoms with Gasteiger partial charge in [0, 0.05) is 0 Å². The van der Waals surface area contributed by atoms with Crippen LogP contribution in [0.4, 0.5) is 0 Å². The van der Waals surface area contributed by atoms with Crippen LogP contribution in [0.3, 0.4) is 0 Å². The van der Waals surface area contributed by atoms with E-state index in [-0.39, 0.29) is 0 Å². The molecular weight excluding hydrogens is 112 g/mol. The van der Waals surface area contributed by atoms with Gasteiger partial charge in [-0.1, -0.05) is 0 Å². The number of ether oxygens (including phenoxy) is 1. The lowest BCUT2D eigenvalue weighted by molar-refractivity contribution is 0.351. The highest BCUT2D eigenvalue weighted by molar-refractivity contribution is 7.78. The first-order valence-corrected chi connectivity index (χ1v) is 2.27. The number of thiocarbonyl (C=S) groups is 1. The van der Waals surface area contributed by atoms with E-state index in [0.717, 1.165) is 0 Å². The molecule has 0 atom stereocenters. The summed E-state index contributed by atoms with van der Waals surface area (Å²) in [6, 6.07) is 0. The maximum absolute atomic E-state index is 4.52. The lowest BCUT2D eigenvalue weighted by atomic mass is 10.9. The molecule has 7 heavy (non-hydrogen) atoms. The first-order valence-electron chi connectivity index (χ1n) is 1.80. The van der Waals surface area contributed by atoms with Gasteiger partial charge in [-0.2, -0.15) is 0 Å². The van der Waals surface area contributed by atoms with E-state index in [2.05, 4.69) is 28.6 Å². The van der Waals surface area contributed by atoms with Gasteiger partial charge in [-0.3, -0.25) is 11.7 Å². The minimum absolute atomic E-state index is 0.684. The molecule has 0 spiro atoms. The van der Waals surface area contributed by atoms with Crippen molar-refractivity contribution in [1.82, 2.24) is 0 Å². The monoisotopic (exact) mass is 122 g/mol. The highest BCUT2D eigenvalue weighted by Gasteiger charge is 1.57. The standard InChI is InChI=1S/C3H6OS.H4N2/c1-2-4-3-5;1-2/h3H,2H2,1H3;1-2H2. The van der Waals surface area contributed by atoms with Gasteiger partial charge in [0.15, 0.2) is 0 Å². The fourth-order valence-corrected chi connectivity index (χ4v) is 0.204. The molecule has 0 saturated heterocycles. The molecule has 0 aromatic rings. The molecule has 0 unspecified atom stereocenters. The van der Waals surface area contributed by atoms with Crippen molar-refractivity contribution in [3.8, 4) is 0 Å². The number of hydrogen-bond donors (Lipinski definition) is 2. The molecule has 0 aliphatic heterocycles. The molecule has 4 heteroatoms. The van der Waals surface area contributed by atoms with Gasteiger partial charge in [0.2, 0.25) is 0 Å². The van der Waals surface area contributed by atoms with Crippen molar-refractivity contribution < 1.29 is 4.74 Å². The molecule has 0 bridgehead atoms. The molecule has 3 nitrogen and oxygen atoms in total.